The van der Waals surface area contributed by atoms with E-state index in [-0.39, 0.29) is 0 Å². The van der Waals surface area contributed by atoms with Crippen LogP contribution >= 0.6 is 0 Å². The zero-order valence-electron chi connectivity index (χ0n) is 6.99. The molecule has 0 saturated heterocycles. The van der Waals surface area contributed by atoms with Crippen LogP contribution < -0.4 is 0 Å². The Morgan fingerprint density at radius 2 is 2.50 bits per heavy atom. The lowest BCUT2D eigenvalue weighted by molar-refractivity contribution is 0.0626. The quantitative estimate of drug-likeness (QED) is 0.663. The predicted molar refractivity (Wildman–Crippen MR) is 47.3 cm³/mol. The van der Waals surface area contributed by atoms with Crippen LogP contribution in [0.25, 0.3) is 0 Å². The standard InChI is InChI=1S/C10H11NO/c1-3-6-10(2,12)9-5-4-7-11-8-9/h1,4-5,7-8,12H,6H2,2H3/t10-/m0/s1. The molecule has 0 spiro atoms. The van der Waals surface area contributed by atoms with Gasteiger partial charge in [0.15, 0.2) is 0 Å². The Labute approximate surface area is 72.3 Å². The van der Waals surface area contributed by atoms with E-state index in [2.05, 4.69) is 10.9 Å². The zero-order chi connectivity index (χ0) is 9.03. The molecule has 12 heavy (non-hydrogen) atoms. The number of nitrogens with zero attached hydrogens (tertiary/aromatic N) is 1. The lowest BCUT2D eigenvalue weighted by Gasteiger charge is -2.20. The summed E-state index contributed by atoms with van der Waals surface area (Å²) >= 11 is 0. The van der Waals surface area contributed by atoms with E-state index < -0.39 is 5.60 Å². The van der Waals surface area contributed by atoms with Crippen LogP contribution in [0, 0.1) is 12.3 Å². The molecule has 1 aromatic rings. The number of aromatic nitrogens is 1. The van der Waals surface area contributed by atoms with Gasteiger partial charge in [0.2, 0.25) is 0 Å². The molecule has 1 aromatic heterocycles. The summed E-state index contributed by atoms with van der Waals surface area (Å²) in [7, 11) is 0. The van der Waals surface area contributed by atoms with E-state index in [1.54, 1.807) is 25.4 Å². The predicted octanol–water partition coefficient (Wildman–Crippen LogP) is 1.31. The normalized spacial score (nSPS) is 14.8. The molecule has 2 heteroatoms. The fourth-order valence-corrected chi connectivity index (χ4v) is 0.982. The van der Waals surface area contributed by atoms with Gasteiger partial charge in [-0.3, -0.25) is 4.98 Å². The molecule has 0 aliphatic heterocycles. The highest BCUT2D eigenvalue weighted by molar-refractivity contribution is 5.18. The summed E-state index contributed by atoms with van der Waals surface area (Å²) in [5.74, 6) is 2.43. The number of aliphatic hydroxyl groups is 1. The Bertz CT molecular complexity index is 284. The molecule has 2 nitrogen and oxygen atoms in total. The third kappa shape index (κ3) is 1.84. The van der Waals surface area contributed by atoms with Gasteiger partial charge in [-0.15, -0.1) is 12.3 Å². The average molecular weight is 161 g/mol. The Morgan fingerprint density at radius 3 is 3.00 bits per heavy atom. The van der Waals surface area contributed by atoms with Crippen LogP contribution in [0.2, 0.25) is 0 Å². The Kier molecular flexibility index (Phi) is 2.47. The maximum atomic E-state index is 9.80. The molecule has 0 saturated carbocycles. The minimum absolute atomic E-state index is 0.304. The maximum Gasteiger partial charge on any atom is 0.0991 e. The molecule has 1 heterocycles. The van der Waals surface area contributed by atoms with Crippen molar-refractivity contribution in [2.24, 2.45) is 0 Å². The molecule has 0 radical (unpaired) electrons. The summed E-state index contributed by atoms with van der Waals surface area (Å²) in [5, 5.41) is 9.80. The monoisotopic (exact) mass is 161 g/mol. The summed E-state index contributed by atoms with van der Waals surface area (Å²) in [5.41, 5.74) is -0.203. The highest BCUT2D eigenvalue weighted by Gasteiger charge is 2.21. The van der Waals surface area contributed by atoms with Crippen LogP contribution in [-0.2, 0) is 5.60 Å². The van der Waals surface area contributed by atoms with Crippen molar-refractivity contribution >= 4 is 0 Å². The van der Waals surface area contributed by atoms with Crippen LogP contribution in [0.4, 0.5) is 0 Å². The SMILES string of the molecule is C#CC[C@](C)(O)c1cccnc1. The molecule has 0 fully saturated rings. The smallest absolute Gasteiger partial charge is 0.0991 e. The first-order valence-corrected chi connectivity index (χ1v) is 3.73. The van der Waals surface area contributed by atoms with Crippen LogP contribution in [0.5, 0.6) is 0 Å². The van der Waals surface area contributed by atoms with E-state index in [0.717, 1.165) is 5.56 Å². The fourth-order valence-electron chi connectivity index (χ4n) is 0.982. The molecular formula is C10H11NO. The van der Waals surface area contributed by atoms with Gasteiger partial charge in [0, 0.05) is 24.4 Å². The van der Waals surface area contributed by atoms with Gasteiger partial charge < -0.3 is 5.11 Å². The molecule has 1 N–H and O–H groups in total. The molecule has 0 aliphatic carbocycles. The number of hydrogen-bond acceptors (Lipinski definition) is 2. The fraction of sp³-hybridized carbons (Fsp3) is 0.300. The highest BCUT2D eigenvalue weighted by Crippen LogP contribution is 2.22. The second-order valence-electron chi connectivity index (χ2n) is 2.90. The molecule has 0 bridgehead atoms. The Balaban J connectivity index is 2.91. The van der Waals surface area contributed by atoms with Gasteiger partial charge in [-0.1, -0.05) is 6.07 Å². The highest BCUT2D eigenvalue weighted by atomic mass is 16.3. The van der Waals surface area contributed by atoms with Crippen molar-refractivity contribution in [3.63, 3.8) is 0 Å². The number of rotatable bonds is 2. The van der Waals surface area contributed by atoms with Crippen LogP contribution in [0.15, 0.2) is 24.5 Å². The van der Waals surface area contributed by atoms with Crippen molar-refractivity contribution in [3.05, 3.63) is 30.1 Å². The summed E-state index contributed by atoms with van der Waals surface area (Å²) in [6.45, 7) is 1.68. The summed E-state index contributed by atoms with van der Waals surface area (Å²) in [6, 6.07) is 3.59. The number of terminal acetylenes is 1. The van der Waals surface area contributed by atoms with Crippen molar-refractivity contribution in [2.45, 2.75) is 18.9 Å². The van der Waals surface area contributed by atoms with E-state index in [0.29, 0.717) is 6.42 Å². The van der Waals surface area contributed by atoms with E-state index in [9.17, 15) is 5.11 Å². The minimum atomic E-state index is -0.955. The largest absolute Gasteiger partial charge is 0.384 e. The molecular weight excluding hydrogens is 150 g/mol. The third-order valence-corrected chi connectivity index (χ3v) is 1.73. The molecule has 1 rings (SSSR count). The number of hydrogen-bond donors (Lipinski definition) is 1. The topological polar surface area (TPSA) is 33.1 Å². The van der Waals surface area contributed by atoms with E-state index in [4.69, 9.17) is 6.42 Å². The van der Waals surface area contributed by atoms with Crippen LogP contribution in [0.3, 0.4) is 0 Å². The van der Waals surface area contributed by atoms with Gasteiger partial charge in [0.05, 0.1) is 5.60 Å². The Hall–Kier alpha value is -1.33. The lowest BCUT2D eigenvalue weighted by atomic mass is 9.95. The summed E-state index contributed by atoms with van der Waals surface area (Å²) in [6.07, 6.45) is 8.71. The average Bonchev–Trinajstić information content (AvgIpc) is 2.06. The minimum Gasteiger partial charge on any atom is -0.384 e. The Morgan fingerprint density at radius 1 is 1.75 bits per heavy atom. The number of pyridine rings is 1. The molecule has 0 amide bonds. The van der Waals surface area contributed by atoms with Gasteiger partial charge in [0.25, 0.3) is 0 Å². The van der Waals surface area contributed by atoms with Gasteiger partial charge in [-0.05, 0) is 13.0 Å². The molecule has 0 aliphatic rings. The van der Waals surface area contributed by atoms with Crippen molar-refractivity contribution in [3.8, 4) is 12.3 Å². The second-order valence-corrected chi connectivity index (χ2v) is 2.90. The van der Waals surface area contributed by atoms with Crippen molar-refractivity contribution in [1.82, 2.24) is 4.98 Å². The molecule has 0 unspecified atom stereocenters. The second kappa shape index (κ2) is 3.38. The van der Waals surface area contributed by atoms with Gasteiger partial charge in [-0.2, -0.15) is 0 Å². The van der Waals surface area contributed by atoms with Gasteiger partial charge in [0.1, 0.15) is 0 Å². The summed E-state index contributed by atoms with van der Waals surface area (Å²) < 4.78 is 0. The molecule has 62 valence electrons. The first kappa shape index (κ1) is 8.76. The first-order chi connectivity index (χ1) is 5.67. The third-order valence-electron chi connectivity index (χ3n) is 1.73. The summed E-state index contributed by atoms with van der Waals surface area (Å²) in [4.78, 5) is 3.90. The van der Waals surface area contributed by atoms with Crippen LogP contribution in [-0.4, -0.2) is 10.1 Å². The van der Waals surface area contributed by atoms with E-state index in [1.807, 2.05) is 6.07 Å². The zero-order valence-corrected chi connectivity index (χ0v) is 6.99. The van der Waals surface area contributed by atoms with E-state index in [1.165, 1.54) is 0 Å². The van der Waals surface area contributed by atoms with Crippen molar-refractivity contribution < 1.29 is 5.11 Å². The molecule has 1 atom stereocenters. The maximum absolute atomic E-state index is 9.80. The molecule has 0 aromatic carbocycles. The van der Waals surface area contributed by atoms with E-state index >= 15 is 0 Å². The lowest BCUT2D eigenvalue weighted by Crippen LogP contribution is -2.20. The van der Waals surface area contributed by atoms with Crippen LogP contribution in [0.1, 0.15) is 18.9 Å². The van der Waals surface area contributed by atoms with Crippen molar-refractivity contribution in [2.75, 3.05) is 0 Å². The van der Waals surface area contributed by atoms with Gasteiger partial charge >= 0.3 is 0 Å². The van der Waals surface area contributed by atoms with Crippen molar-refractivity contribution in [1.29, 1.82) is 0 Å². The van der Waals surface area contributed by atoms with Gasteiger partial charge in [-0.25, -0.2) is 0 Å². The first-order valence-electron chi connectivity index (χ1n) is 3.73.